The molecule has 1 spiro atoms. The fourth-order valence-corrected chi connectivity index (χ4v) is 4.58. The van der Waals surface area contributed by atoms with Gasteiger partial charge in [-0.25, -0.2) is 0 Å². The van der Waals surface area contributed by atoms with E-state index < -0.39 is 11.0 Å². The van der Waals surface area contributed by atoms with Crippen LogP contribution in [-0.4, -0.2) is 24.7 Å². The van der Waals surface area contributed by atoms with E-state index in [9.17, 15) is 4.79 Å². The SMILES string of the molecule is CC(C)(C)OC(=O)C1CCc2cc(Cl)ccc2[C@]12CNc1ccccc1OC2. The average Bonchev–Trinajstić information content (AvgIpc) is 2.81. The zero-order chi connectivity index (χ0) is 19.9. The highest BCUT2D eigenvalue weighted by Crippen LogP contribution is 2.46. The van der Waals surface area contributed by atoms with Crippen molar-refractivity contribution < 1.29 is 14.3 Å². The topological polar surface area (TPSA) is 47.6 Å². The van der Waals surface area contributed by atoms with Gasteiger partial charge in [-0.2, -0.15) is 0 Å². The summed E-state index contributed by atoms with van der Waals surface area (Å²) in [4.78, 5) is 13.2. The molecule has 0 saturated heterocycles. The van der Waals surface area contributed by atoms with Crippen LogP contribution in [0.4, 0.5) is 5.69 Å². The van der Waals surface area contributed by atoms with Crippen LogP contribution in [0.25, 0.3) is 0 Å². The lowest BCUT2D eigenvalue weighted by molar-refractivity contribution is -0.164. The first-order chi connectivity index (χ1) is 13.3. The van der Waals surface area contributed by atoms with Crippen molar-refractivity contribution in [2.45, 2.75) is 44.6 Å². The molecule has 1 aliphatic carbocycles. The lowest BCUT2D eigenvalue weighted by atomic mass is 9.63. The Bertz CT molecular complexity index is 876. The standard InChI is InChI=1S/C23H26ClNO3/c1-22(2,3)28-21(26)18-10-8-15-12-16(24)9-11-17(15)23(18)13-25-19-6-4-5-7-20(19)27-14-23/h4-7,9,11-12,18,25H,8,10,13-14H2,1-3H3/t18?,23-/m1/s1. The minimum Gasteiger partial charge on any atom is -0.490 e. The molecule has 0 amide bonds. The number of aryl methyl sites for hydroxylation is 1. The van der Waals surface area contributed by atoms with Gasteiger partial charge < -0.3 is 14.8 Å². The molecule has 4 nitrogen and oxygen atoms in total. The maximum absolute atomic E-state index is 13.2. The summed E-state index contributed by atoms with van der Waals surface area (Å²) in [5.41, 5.74) is 2.21. The smallest absolute Gasteiger partial charge is 0.310 e. The summed E-state index contributed by atoms with van der Waals surface area (Å²) in [5.74, 6) is 0.357. The second-order valence-corrected chi connectivity index (χ2v) is 9.16. The predicted octanol–water partition coefficient (Wildman–Crippen LogP) is 4.99. The van der Waals surface area contributed by atoms with E-state index in [1.807, 2.05) is 57.2 Å². The molecule has 2 aromatic carbocycles. The molecular weight excluding hydrogens is 374 g/mol. The van der Waals surface area contributed by atoms with Crippen LogP contribution < -0.4 is 10.1 Å². The van der Waals surface area contributed by atoms with E-state index in [0.717, 1.165) is 28.4 Å². The van der Waals surface area contributed by atoms with Gasteiger partial charge in [-0.1, -0.05) is 29.8 Å². The molecule has 1 aliphatic heterocycles. The fourth-order valence-electron chi connectivity index (χ4n) is 4.38. The van der Waals surface area contributed by atoms with Crippen LogP contribution in [0.5, 0.6) is 5.75 Å². The number of nitrogens with one attached hydrogen (secondary N) is 1. The molecular formula is C23H26ClNO3. The Morgan fingerprint density at radius 3 is 2.82 bits per heavy atom. The van der Waals surface area contributed by atoms with Gasteiger partial charge in [0.15, 0.2) is 0 Å². The Kier molecular flexibility index (Phi) is 4.78. The number of benzene rings is 2. The minimum atomic E-state index is -0.527. The zero-order valence-corrected chi connectivity index (χ0v) is 17.3. The second kappa shape index (κ2) is 7.00. The van der Waals surface area contributed by atoms with Crippen LogP contribution in [0.15, 0.2) is 42.5 Å². The van der Waals surface area contributed by atoms with Crippen molar-refractivity contribution in [2.75, 3.05) is 18.5 Å². The number of esters is 1. The summed E-state index contributed by atoms with van der Waals surface area (Å²) in [6.07, 6.45) is 1.51. The van der Waals surface area contributed by atoms with E-state index in [2.05, 4.69) is 11.4 Å². The molecule has 0 radical (unpaired) electrons. The molecule has 0 fully saturated rings. The molecule has 5 heteroatoms. The van der Waals surface area contributed by atoms with Gasteiger partial charge in [0.1, 0.15) is 18.0 Å². The molecule has 4 rings (SSSR count). The van der Waals surface area contributed by atoms with Crippen LogP contribution in [0, 0.1) is 5.92 Å². The maximum Gasteiger partial charge on any atom is 0.310 e. The van der Waals surface area contributed by atoms with Crippen LogP contribution >= 0.6 is 11.6 Å². The highest BCUT2D eigenvalue weighted by atomic mass is 35.5. The number of hydrogen-bond acceptors (Lipinski definition) is 4. The number of hydrogen-bond donors (Lipinski definition) is 1. The molecule has 2 aliphatic rings. The molecule has 148 valence electrons. The minimum absolute atomic E-state index is 0.163. The second-order valence-electron chi connectivity index (χ2n) is 8.72. The number of ether oxygens (including phenoxy) is 2. The molecule has 0 bridgehead atoms. The summed E-state index contributed by atoms with van der Waals surface area (Å²) >= 11 is 6.26. The number of fused-ring (bicyclic) bond motifs is 3. The van der Waals surface area contributed by atoms with Crippen molar-refractivity contribution in [3.63, 3.8) is 0 Å². The van der Waals surface area contributed by atoms with Gasteiger partial charge in [-0.15, -0.1) is 0 Å². The maximum atomic E-state index is 13.2. The molecule has 1 heterocycles. The van der Waals surface area contributed by atoms with E-state index in [1.165, 1.54) is 5.56 Å². The van der Waals surface area contributed by atoms with Gasteiger partial charge in [0.05, 0.1) is 17.0 Å². The fraction of sp³-hybridized carbons (Fsp3) is 0.435. The summed E-state index contributed by atoms with van der Waals surface area (Å²) in [6.45, 7) is 6.74. The van der Waals surface area contributed by atoms with E-state index in [-0.39, 0.29) is 11.9 Å². The number of para-hydroxylation sites is 2. The molecule has 28 heavy (non-hydrogen) atoms. The summed E-state index contributed by atoms with van der Waals surface area (Å²) in [5, 5.41) is 4.24. The third kappa shape index (κ3) is 3.46. The van der Waals surface area contributed by atoms with Crippen molar-refractivity contribution in [2.24, 2.45) is 5.92 Å². The normalized spacial score (nSPS) is 23.6. The van der Waals surface area contributed by atoms with Gasteiger partial charge in [-0.05, 0) is 69.0 Å². The summed E-state index contributed by atoms with van der Waals surface area (Å²) in [6, 6.07) is 13.9. The lowest BCUT2D eigenvalue weighted by Gasteiger charge is -2.43. The highest BCUT2D eigenvalue weighted by Gasteiger charge is 2.50. The van der Waals surface area contributed by atoms with E-state index >= 15 is 0 Å². The monoisotopic (exact) mass is 399 g/mol. The molecule has 2 atom stereocenters. The zero-order valence-electron chi connectivity index (χ0n) is 16.5. The predicted molar refractivity (Wildman–Crippen MR) is 111 cm³/mol. The first-order valence-electron chi connectivity index (χ1n) is 9.76. The Hall–Kier alpha value is -2.20. The third-order valence-corrected chi connectivity index (χ3v) is 5.87. The van der Waals surface area contributed by atoms with Crippen LogP contribution in [0.2, 0.25) is 5.02 Å². The first kappa shape index (κ1) is 19.1. The van der Waals surface area contributed by atoms with Crippen molar-refractivity contribution in [1.82, 2.24) is 0 Å². The van der Waals surface area contributed by atoms with Crippen molar-refractivity contribution in [3.05, 3.63) is 58.6 Å². The van der Waals surface area contributed by atoms with E-state index in [1.54, 1.807) is 0 Å². The van der Waals surface area contributed by atoms with Crippen molar-refractivity contribution in [3.8, 4) is 5.75 Å². The summed E-state index contributed by atoms with van der Waals surface area (Å²) < 4.78 is 12.0. The number of anilines is 1. The molecule has 1 unspecified atom stereocenters. The first-order valence-corrected chi connectivity index (χ1v) is 10.1. The highest BCUT2D eigenvalue weighted by molar-refractivity contribution is 6.30. The third-order valence-electron chi connectivity index (χ3n) is 5.63. The largest absolute Gasteiger partial charge is 0.490 e. The van der Waals surface area contributed by atoms with Gasteiger partial charge in [-0.3, -0.25) is 4.79 Å². The van der Waals surface area contributed by atoms with Gasteiger partial charge in [0, 0.05) is 11.6 Å². The van der Waals surface area contributed by atoms with Gasteiger partial charge >= 0.3 is 5.97 Å². The quantitative estimate of drug-likeness (QED) is 0.686. The Morgan fingerprint density at radius 1 is 1.25 bits per heavy atom. The Labute approximate surface area is 171 Å². The van der Waals surface area contributed by atoms with Crippen molar-refractivity contribution in [1.29, 1.82) is 0 Å². The number of carbonyl (C=O) groups is 1. The van der Waals surface area contributed by atoms with Crippen LogP contribution in [-0.2, 0) is 21.4 Å². The molecule has 0 saturated carbocycles. The number of rotatable bonds is 1. The lowest BCUT2D eigenvalue weighted by Crippen LogP contribution is -2.52. The molecule has 0 aromatic heterocycles. The number of halogens is 1. The van der Waals surface area contributed by atoms with E-state index in [0.29, 0.717) is 19.6 Å². The molecule has 2 aromatic rings. The average molecular weight is 400 g/mol. The van der Waals surface area contributed by atoms with Crippen LogP contribution in [0.1, 0.15) is 38.3 Å². The van der Waals surface area contributed by atoms with Crippen molar-refractivity contribution >= 4 is 23.3 Å². The van der Waals surface area contributed by atoms with E-state index in [4.69, 9.17) is 21.1 Å². The Balaban J connectivity index is 1.78. The van der Waals surface area contributed by atoms with Crippen LogP contribution in [0.3, 0.4) is 0 Å². The molecule has 1 N–H and O–H groups in total. The number of carbonyl (C=O) groups excluding carboxylic acids is 1. The summed E-state index contributed by atoms with van der Waals surface area (Å²) in [7, 11) is 0. The van der Waals surface area contributed by atoms with Gasteiger partial charge in [0.25, 0.3) is 0 Å². The van der Waals surface area contributed by atoms with Gasteiger partial charge in [0.2, 0.25) is 0 Å². The Morgan fingerprint density at radius 2 is 2.04 bits per heavy atom.